The van der Waals surface area contributed by atoms with E-state index in [1.807, 2.05) is 109 Å². The minimum atomic E-state index is -0.720. The van der Waals surface area contributed by atoms with E-state index in [4.69, 9.17) is 4.99 Å². The summed E-state index contributed by atoms with van der Waals surface area (Å²) in [5.41, 5.74) is 8.09. The van der Waals surface area contributed by atoms with Gasteiger partial charge < -0.3 is 5.11 Å². The summed E-state index contributed by atoms with van der Waals surface area (Å²) in [6, 6.07) is 75.9. The molecule has 0 saturated heterocycles. The molecule has 0 aliphatic heterocycles. The lowest BCUT2D eigenvalue weighted by atomic mass is 9.70. The Hall–Kier alpha value is -7.65. The molecule has 0 atom stereocenters. The highest BCUT2D eigenvalue weighted by Crippen LogP contribution is 2.40. The molecule has 0 amide bonds. The van der Waals surface area contributed by atoms with Gasteiger partial charge >= 0.3 is 0 Å². The van der Waals surface area contributed by atoms with Crippen molar-refractivity contribution in [3.63, 3.8) is 0 Å². The average Bonchev–Trinajstić information content (AvgIpc) is 3.29. The standard InChI is InChI=1S/C55H39NO/c57-53-41-44(38-40-55(49-25-13-4-14-26-49,50-27-15-5-16-28-50)51-29-17-6-18-30-51)31-34-45(53)42-56-52-35-32-43(33-36-52)37-39-54(46-19-7-1-8-20-46,47-21-9-2-10-22-47)48-23-11-3-12-24-48/h1-36,41-42,57H. The molecule has 8 rings (SSSR count). The van der Waals surface area contributed by atoms with Crippen LogP contribution in [0.3, 0.4) is 0 Å². The fraction of sp³-hybridized carbons (Fsp3) is 0.0364. The quantitative estimate of drug-likeness (QED) is 0.0943. The highest BCUT2D eigenvalue weighted by atomic mass is 16.3. The van der Waals surface area contributed by atoms with E-state index in [2.05, 4.69) is 133 Å². The molecule has 57 heavy (non-hydrogen) atoms. The van der Waals surface area contributed by atoms with Crippen molar-refractivity contribution in [1.82, 2.24) is 0 Å². The molecule has 0 spiro atoms. The van der Waals surface area contributed by atoms with Crippen LogP contribution in [0.4, 0.5) is 5.69 Å². The van der Waals surface area contributed by atoms with Crippen molar-refractivity contribution in [2.24, 2.45) is 4.99 Å². The summed E-state index contributed by atoms with van der Waals surface area (Å²) in [5, 5.41) is 11.1. The summed E-state index contributed by atoms with van der Waals surface area (Å²) in [7, 11) is 0. The maximum Gasteiger partial charge on any atom is 0.125 e. The van der Waals surface area contributed by atoms with Crippen molar-refractivity contribution in [3.8, 4) is 29.4 Å². The van der Waals surface area contributed by atoms with Gasteiger partial charge in [-0.1, -0.05) is 206 Å². The zero-order chi connectivity index (χ0) is 38.8. The third kappa shape index (κ3) is 7.67. The van der Waals surface area contributed by atoms with Crippen molar-refractivity contribution in [2.45, 2.75) is 10.8 Å². The monoisotopic (exact) mass is 729 g/mol. The lowest BCUT2D eigenvalue weighted by Gasteiger charge is -2.31. The number of rotatable bonds is 8. The van der Waals surface area contributed by atoms with Crippen molar-refractivity contribution in [1.29, 1.82) is 0 Å². The van der Waals surface area contributed by atoms with Crippen LogP contribution < -0.4 is 0 Å². The van der Waals surface area contributed by atoms with Crippen LogP contribution in [0, 0.1) is 23.7 Å². The summed E-state index contributed by atoms with van der Waals surface area (Å²) in [5.74, 6) is 14.4. The van der Waals surface area contributed by atoms with Gasteiger partial charge in [0.1, 0.15) is 16.6 Å². The molecule has 0 aliphatic rings. The topological polar surface area (TPSA) is 32.6 Å². The van der Waals surface area contributed by atoms with Crippen LogP contribution in [0.5, 0.6) is 5.75 Å². The Balaban J connectivity index is 1.08. The minimum absolute atomic E-state index is 0.108. The third-order valence-corrected chi connectivity index (χ3v) is 10.3. The normalized spacial score (nSPS) is 11.2. The number of hydrogen-bond donors (Lipinski definition) is 1. The van der Waals surface area contributed by atoms with E-state index in [1.165, 1.54) is 0 Å². The zero-order valence-electron chi connectivity index (χ0n) is 31.3. The molecule has 1 N–H and O–H groups in total. The SMILES string of the molecule is Oc1cc(C#CC(c2ccccc2)(c2ccccc2)c2ccccc2)ccc1C=Nc1ccc(C#CC(c2ccccc2)(c2ccccc2)c2ccccc2)cc1. The molecule has 0 saturated carbocycles. The molecular weight excluding hydrogens is 691 g/mol. The predicted octanol–water partition coefficient (Wildman–Crippen LogP) is 11.9. The molecule has 0 aromatic heterocycles. The Labute approximate surface area is 335 Å². The molecule has 2 heteroatoms. The second-order valence-electron chi connectivity index (χ2n) is 13.8. The first kappa shape index (κ1) is 36.3. The van der Waals surface area contributed by atoms with E-state index in [0.717, 1.165) is 44.6 Å². The third-order valence-electron chi connectivity index (χ3n) is 10.3. The fourth-order valence-electron chi connectivity index (χ4n) is 7.40. The number of nitrogens with zero attached hydrogens (tertiary/aromatic N) is 1. The number of hydrogen-bond acceptors (Lipinski definition) is 2. The molecule has 0 radical (unpaired) electrons. The number of aromatic hydroxyl groups is 1. The van der Waals surface area contributed by atoms with Gasteiger partial charge in [0.15, 0.2) is 0 Å². The van der Waals surface area contributed by atoms with Crippen molar-refractivity contribution in [3.05, 3.63) is 275 Å². The molecule has 0 aliphatic carbocycles. The summed E-state index contributed by atoms with van der Waals surface area (Å²) >= 11 is 0. The number of benzene rings is 8. The van der Waals surface area contributed by atoms with Crippen LogP contribution in [-0.4, -0.2) is 11.3 Å². The van der Waals surface area contributed by atoms with E-state index in [-0.39, 0.29) is 5.75 Å². The van der Waals surface area contributed by atoms with E-state index in [0.29, 0.717) is 11.1 Å². The first-order valence-corrected chi connectivity index (χ1v) is 19.0. The molecule has 270 valence electrons. The highest BCUT2D eigenvalue weighted by molar-refractivity contribution is 5.85. The zero-order valence-corrected chi connectivity index (χ0v) is 31.3. The molecule has 0 heterocycles. The van der Waals surface area contributed by atoms with Gasteiger partial charge in [-0.25, -0.2) is 0 Å². The average molecular weight is 730 g/mol. The van der Waals surface area contributed by atoms with Gasteiger partial charge in [-0.2, -0.15) is 0 Å². The van der Waals surface area contributed by atoms with Crippen LogP contribution in [0.1, 0.15) is 50.1 Å². The Morgan fingerprint density at radius 1 is 0.368 bits per heavy atom. The Kier molecular flexibility index (Phi) is 10.7. The van der Waals surface area contributed by atoms with Gasteiger partial charge in [-0.05, 0) is 75.8 Å². The van der Waals surface area contributed by atoms with Crippen LogP contribution in [-0.2, 0) is 10.8 Å². The maximum atomic E-state index is 11.1. The Bertz CT molecular complexity index is 2510. The molecule has 0 unspecified atom stereocenters. The lowest BCUT2D eigenvalue weighted by molar-refractivity contribution is 0.474. The van der Waals surface area contributed by atoms with Crippen LogP contribution in [0.25, 0.3) is 0 Å². The second-order valence-corrected chi connectivity index (χ2v) is 13.8. The van der Waals surface area contributed by atoms with Gasteiger partial charge in [0.25, 0.3) is 0 Å². The molecule has 0 bridgehead atoms. The number of aliphatic imine (C=N–C) groups is 1. The highest BCUT2D eigenvalue weighted by Gasteiger charge is 2.35. The van der Waals surface area contributed by atoms with E-state index in [9.17, 15) is 5.11 Å². The van der Waals surface area contributed by atoms with Crippen molar-refractivity contribution < 1.29 is 5.11 Å². The largest absolute Gasteiger partial charge is 0.507 e. The summed E-state index contributed by atoms with van der Waals surface area (Å²) < 4.78 is 0. The second kappa shape index (κ2) is 16.8. The number of phenols is 1. The van der Waals surface area contributed by atoms with Crippen LogP contribution in [0.15, 0.2) is 229 Å². The first-order valence-electron chi connectivity index (χ1n) is 19.0. The Morgan fingerprint density at radius 3 is 1.02 bits per heavy atom. The van der Waals surface area contributed by atoms with E-state index >= 15 is 0 Å². The van der Waals surface area contributed by atoms with Crippen LogP contribution in [0.2, 0.25) is 0 Å². The fourth-order valence-corrected chi connectivity index (χ4v) is 7.40. The molecule has 8 aromatic carbocycles. The molecular formula is C55H39NO. The van der Waals surface area contributed by atoms with E-state index in [1.54, 1.807) is 12.3 Å². The van der Waals surface area contributed by atoms with Crippen molar-refractivity contribution >= 4 is 11.9 Å². The summed E-state index contributed by atoms with van der Waals surface area (Å²) in [6.45, 7) is 0. The van der Waals surface area contributed by atoms with Gasteiger partial charge in [0.05, 0.1) is 5.69 Å². The van der Waals surface area contributed by atoms with E-state index < -0.39 is 10.8 Å². The smallest absolute Gasteiger partial charge is 0.125 e. The van der Waals surface area contributed by atoms with Gasteiger partial charge in [0.2, 0.25) is 0 Å². The lowest BCUT2D eigenvalue weighted by Crippen LogP contribution is -2.27. The molecule has 8 aromatic rings. The van der Waals surface area contributed by atoms with Crippen molar-refractivity contribution in [2.75, 3.05) is 0 Å². The summed E-state index contributed by atoms with van der Waals surface area (Å²) in [6.07, 6.45) is 1.68. The molecule has 0 fully saturated rings. The maximum absolute atomic E-state index is 11.1. The van der Waals surface area contributed by atoms with Gasteiger partial charge in [0, 0.05) is 22.9 Å². The minimum Gasteiger partial charge on any atom is -0.507 e. The first-order chi connectivity index (χ1) is 28.1. The van der Waals surface area contributed by atoms with Gasteiger partial charge in [-0.15, -0.1) is 0 Å². The molecule has 2 nitrogen and oxygen atoms in total. The van der Waals surface area contributed by atoms with Crippen LogP contribution >= 0.6 is 0 Å². The number of phenolic OH excluding ortho intramolecular Hbond substituents is 1. The predicted molar refractivity (Wildman–Crippen MR) is 234 cm³/mol. The van der Waals surface area contributed by atoms with Gasteiger partial charge in [-0.3, -0.25) is 4.99 Å². The Morgan fingerprint density at radius 2 is 0.684 bits per heavy atom. The summed E-state index contributed by atoms with van der Waals surface area (Å²) in [4.78, 5) is 4.69.